The van der Waals surface area contributed by atoms with Crippen molar-refractivity contribution in [2.45, 2.75) is 13.5 Å². The summed E-state index contributed by atoms with van der Waals surface area (Å²) in [6, 6.07) is 5.49. The fourth-order valence-corrected chi connectivity index (χ4v) is 1.38. The predicted octanol–water partition coefficient (Wildman–Crippen LogP) is 0.732. The van der Waals surface area contributed by atoms with Gasteiger partial charge in [-0.25, -0.2) is 0 Å². The summed E-state index contributed by atoms with van der Waals surface area (Å²) in [5.41, 5.74) is 0.781. The van der Waals surface area contributed by atoms with Crippen molar-refractivity contribution in [3.63, 3.8) is 0 Å². The molecule has 0 spiro atoms. The average molecular weight is 247 g/mol. The van der Waals surface area contributed by atoms with Crippen LogP contribution in [0.4, 0.5) is 0 Å². The van der Waals surface area contributed by atoms with Crippen LogP contribution in [-0.2, 0) is 16.1 Å². The van der Waals surface area contributed by atoms with Crippen molar-refractivity contribution in [3.8, 4) is 0 Å². The van der Waals surface area contributed by atoms with E-state index in [4.69, 9.17) is 0 Å². The van der Waals surface area contributed by atoms with Gasteiger partial charge in [0.15, 0.2) is 0 Å². The average Bonchev–Trinajstić information content (AvgIpc) is 2.37. The van der Waals surface area contributed by atoms with Gasteiger partial charge in [-0.2, -0.15) is 0 Å². The second-order valence-electron chi connectivity index (χ2n) is 3.79. The Hall–Kier alpha value is -2.17. The molecule has 0 unspecified atom stereocenters. The van der Waals surface area contributed by atoms with Gasteiger partial charge in [0.05, 0.1) is 18.8 Å². The van der Waals surface area contributed by atoms with E-state index in [1.54, 1.807) is 12.3 Å². The minimum absolute atomic E-state index is 0.0359. The Labute approximate surface area is 107 Å². The molecule has 1 rings (SSSR count). The smallest absolute Gasteiger partial charge is 0.239 e. The van der Waals surface area contributed by atoms with E-state index >= 15 is 0 Å². The molecule has 0 radical (unpaired) electrons. The zero-order valence-electron chi connectivity index (χ0n) is 10.4. The Morgan fingerprint density at radius 1 is 1.50 bits per heavy atom. The number of carbonyl (C=O) groups is 2. The Bertz CT molecular complexity index is 418. The van der Waals surface area contributed by atoms with E-state index in [2.05, 4.69) is 16.9 Å². The molecule has 1 aromatic heterocycles. The number of pyridine rings is 1. The van der Waals surface area contributed by atoms with Gasteiger partial charge in [0, 0.05) is 19.7 Å². The number of hydrogen-bond acceptors (Lipinski definition) is 3. The van der Waals surface area contributed by atoms with Crippen LogP contribution in [0.25, 0.3) is 0 Å². The largest absolute Gasteiger partial charge is 0.349 e. The number of hydrogen-bond donors (Lipinski definition) is 1. The van der Waals surface area contributed by atoms with Crippen molar-refractivity contribution in [2.75, 3.05) is 13.1 Å². The van der Waals surface area contributed by atoms with Crippen LogP contribution in [0.1, 0.15) is 12.6 Å². The van der Waals surface area contributed by atoms with Crippen LogP contribution in [0.3, 0.4) is 0 Å². The first-order chi connectivity index (χ1) is 8.63. The summed E-state index contributed by atoms with van der Waals surface area (Å²) in [7, 11) is 0. The molecule has 96 valence electrons. The highest BCUT2D eigenvalue weighted by Gasteiger charge is 2.11. The van der Waals surface area contributed by atoms with Crippen LogP contribution in [0, 0.1) is 0 Å². The highest BCUT2D eigenvalue weighted by atomic mass is 16.2. The lowest BCUT2D eigenvalue weighted by Gasteiger charge is -2.18. The van der Waals surface area contributed by atoms with Crippen molar-refractivity contribution in [1.29, 1.82) is 0 Å². The predicted molar refractivity (Wildman–Crippen MR) is 68.5 cm³/mol. The number of nitrogens with one attached hydrogen (secondary N) is 1. The lowest BCUT2D eigenvalue weighted by atomic mass is 10.3. The van der Waals surface area contributed by atoms with Gasteiger partial charge in [0.1, 0.15) is 0 Å². The van der Waals surface area contributed by atoms with E-state index in [9.17, 15) is 9.59 Å². The lowest BCUT2D eigenvalue weighted by Crippen LogP contribution is -2.39. The van der Waals surface area contributed by atoms with Crippen LogP contribution in [0.15, 0.2) is 37.1 Å². The van der Waals surface area contributed by atoms with Crippen LogP contribution in [0.2, 0.25) is 0 Å². The lowest BCUT2D eigenvalue weighted by molar-refractivity contribution is -0.133. The summed E-state index contributed by atoms with van der Waals surface area (Å²) in [6.45, 7) is 5.74. The van der Waals surface area contributed by atoms with Gasteiger partial charge in [0.25, 0.3) is 0 Å². The van der Waals surface area contributed by atoms with Gasteiger partial charge in [-0.15, -0.1) is 6.58 Å². The number of aromatic nitrogens is 1. The minimum Gasteiger partial charge on any atom is -0.349 e. The van der Waals surface area contributed by atoms with E-state index in [1.807, 2.05) is 18.2 Å². The monoisotopic (exact) mass is 247 g/mol. The van der Waals surface area contributed by atoms with Crippen molar-refractivity contribution >= 4 is 11.8 Å². The number of carbonyl (C=O) groups excluding carboxylic acids is 2. The second kappa shape index (κ2) is 7.21. The number of nitrogens with zero attached hydrogens (tertiary/aromatic N) is 2. The highest BCUT2D eigenvalue weighted by Crippen LogP contribution is 1.93. The van der Waals surface area contributed by atoms with Gasteiger partial charge < -0.3 is 10.2 Å². The van der Waals surface area contributed by atoms with E-state index in [-0.39, 0.29) is 18.4 Å². The minimum atomic E-state index is -0.210. The molecule has 0 bridgehead atoms. The molecule has 5 heteroatoms. The molecule has 0 aliphatic carbocycles. The third-order valence-corrected chi connectivity index (χ3v) is 2.32. The fraction of sp³-hybridized carbons (Fsp3) is 0.308. The van der Waals surface area contributed by atoms with Crippen molar-refractivity contribution in [1.82, 2.24) is 15.2 Å². The summed E-state index contributed by atoms with van der Waals surface area (Å²) < 4.78 is 0. The van der Waals surface area contributed by atoms with Crippen molar-refractivity contribution in [3.05, 3.63) is 42.7 Å². The molecular weight excluding hydrogens is 230 g/mol. The SMILES string of the molecule is C=CCN(CC(=O)NCc1ccccn1)C(C)=O. The van der Waals surface area contributed by atoms with Crippen molar-refractivity contribution in [2.24, 2.45) is 0 Å². The van der Waals surface area contributed by atoms with Crippen LogP contribution < -0.4 is 5.32 Å². The Balaban J connectivity index is 2.41. The summed E-state index contributed by atoms with van der Waals surface area (Å²) in [4.78, 5) is 28.4. The normalized spacial score (nSPS) is 9.61. The molecule has 1 N–H and O–H groups in total. The molecule has 0 atom stereocenters. The van der Waals surface area contributed by atoms with Crippen LogP contribution in [-0.4, -0.2) is 34.8 Å². The first-order valence-corrected chi connectivity index (χ1v) is 5.66. The Morgan fingerprint density at radius 2 is 2.28 bits per heavy atom. The molecule has 5 nitrogen and oxygen atoms in total. The molecule has 1 aromatic rings. The fourth-order valence-electron chi connectivity index (χ4n) is 1.38. The topological polar surface area (TPSA) is 62.3 Å². The molecule has 2 amide bonds. The summed E-state index contributed by atoms with van der Waals surface area (Å²) >= 11 is 0. The quantitative estimate of drug-likeness (QED) is 0.754. The first kappa shape index (κ1) is 13.9. The maximum absolute atomic E-state index is 11.6. The van der Waals surface area contributed by atoms with Crippen LogP contribution >= 0.6 is 0 Å². The molecule has 0 saturated carbocycles. The van der Waals surface area contributed by atoms with Gasteiger partial charge >= 0.3 is 0 Å². The Morgan fingerprint density at radius 3 is 2.83 bits per heavy atom. The number of amides is 2. The summed E-state index contributed by atoms with van der Waals surface area (Å²) in [6.07, 6.45) is 3.26. The van der Waals surface area contributed by atoms with Crippen molar-refractivity contribution < 1.29 is 9.59 Å². The highest BCUT2D eigenvalue weighted by molar-refractivity contribution is 5.83. The molecule has 0 aliphatic heterocycles. The zero-order chi connectivity index (χ0) is 13.4. The van der Waals surface area contributed by atoms with E-state index in [0.29, 0.717) is 13.1 Å². The molecule has 0 fully saturated rings. The molecule has 0 aromatic carbocycles. The van der Waals surface area contributed by atoms with Gasteiger partial charge in [0.2, 0.25) is 11.8 Å². The maximum atomic E-state index is 11.6. The van der Waals surface area contributed by atoms with Gasteiger partial charge in [-0.05, 0) is 12.1 Å². The molecular formula is C13H17N3O2. The first-order valence-electron chi connectivity index (χ1n) is 5.66. The molecule has 0 aliphatic rings. The summed E-state index contributed by atoms with van der Waals surface area (Å²) in [5, 5.41) is 2.71. The van der Waals surface area contributed by atoms with Gasteiger partial charge in [-0.1, -0.05) is 12.1 Å². The zero-order valence-corrected chi connectivity index (χ0v) is 10.4. The Kier molecular flexibility index (Phi) is 5.57. The maximum Gasteiger partial charge on any atom is 0.239 e. The van der Waals surface area contributed by atoms with E-state index in [0.717, 1.165) is 5.69 Å². The summed E-state index contributed by atoms with van der Waals surface area (Å²) in [5.74, 6) is -0.361. The molecule has 0 saturated heterocycles. The third-order valence-electron chi connectivity index (χ3n) is 2.32. The van der Waals surface area contributed by atoms with E-state index < -0.39 is 0 Å². The molecule has 1 heterocycles. The van der Waals surface area contributed by atoms with Gasteiger partial charge in [-0.3, -0.25) is 14.6 Å². The third kappa shape index (κ3) is 4.78. The van der Waals surface area contributed by atoms with E-state index in [1.165, 1.54) is 11.8 Å². The van der Waals surface area contributed by atoms with Crippen LogP contribution in [0.5, 0.6) is 0 Å². The molecule has 18 heavy (non-hydrogen) atoms. The second-order valence-corrected chi connectivity index (χ2v) is 3.79. The standard InChI is InChI=1S/C13H17N3O2/c1-3-8-16(11(2)17)10-13(18)15-9-12-6-4-5-7-14-12/h3-7H,1,8-10H2,2H3,(H,15,18). The number of rotatable bonds is 6.